The van der Waals surface area contributed by atoms with E-state index in [-0.39, 0.29) is 25.7 Å². The number of hydrogen-bond acceptors (Lipinski definition) is 4. The Morgan fingerprint density at radius 1 is 1.13 bits per heavy atom. The molecule has 0 spiro atoms. The first-order valence-electron chi connectivity index (χ1n) is 5.42. The van der Waals surface area contributed by atoms with E-state index in [1.54, 1.807) is 0 Å². The van der Waals surface area contributed by atoms with Gasteiger partial charge in [-0.15, -0.1) is 0 Å². The van der Waals surface area contributed by atoms with E-state index < -0.39 is 6.04 Å². The highest BCUT2D eigenvalue weighted by Gasteiger charge is 2.10. The fourth-order valence-corrected chi connectivity index (χ4v) is 1.24. The van der Waals surface area contributed by atoms with Crippen LogP contribution in [0.5, 0.6) is 0 Å². The van der Waals surface area contributed by atoms with Gasteiger partial charge in [0.1, 0.15) is 0 Å². The summed E-state index contributed by atoms with van der Waals surface area (Å²) in [5.74, 6) is -0.199. The summed E-state index contributed by atoms with van der Waals surface area (Å²) in [5.41, 5.74) is 0. The quantitative estimate of drug-likeness (QED) is 0.431. The van der Waals surface area contributed by atoms with Gasteiger partial charge in [0.15, 0.2) is 0 Å². The Morgan fingerprint density at radius 3 is 2.07 bits per heavy atom. The van der Waals surface area contributed by atoms with E-state index in [2.05, 4.69) is 24.5 Å². The molecule has 0 aromatic rings. The highest BCUT2D eigenvalue weighted by molar-refractivity contribution is 5.78. The molecular weight excluding hydrogens is 196 g/mol. The minimum absolute atomic E-state index is 0.199. The Labute approximate surface area is 90.9 Å². The molecule has 0 bridgehead atoms. The maximum absolute atomic E-state index is 11.3. The SMILES string of the molecule is CCC(CC)NCC(=O)NC(CO)CO. The van der Waals surface area contributed by atoms with E-state index in [0.29, 0.717) is 6.04 Å². The van der Waals surface area contributed by atoms with E-state index in [0.717, 1.165) is 12.8 Å². The van der Waals surface area contributed by atoms with Gasteiger partial charge >= 0.3 is 0 Å². The number of carbonyl (C=O) groups is 1. The van der Waals surface area contributed by atoms with Crippen LogP contribution < -0.4 is 10.6 Å². The van der Waals surface area contributed by atoms with Crippen molar-refractivity contribution < 1.29 is 15.0 Å². The van der Waals surface area contributed by atoms with Gasteiger partial charge in [-0.2, -0.15) is 0 Å². The lowest BCUT2D eigenvalue weighted by molar-refractivity contribution is -0.121. The lowest BCUT2D eigenvalue weighted by Crippen LogP contribution is -2.45. The van der Waals surface area contributed by atoms with Crippen LogP contribution in [0.4, 0.5) is 0 Å². The van der Waals surface area contributed by atoms with Crippen molar-refractivity contribution in [2.45, 2.75) is 38.8 Å². The third-order valence-electron chi connectivity index (χ3n) is 2.34. The third kappa shape index (κ3) is 6.43. The van der Waals surface area contributed by atoms with Crippen molar-refractivity contribution in [3.05, 3.63) is 0 Å². The first-order valence-corrected chi connectivity index (χ1v) is 5.42. The largest absolute Gasteiger partial charge is 0.394 e. The monoisotopic (exact) mass is 218 g/mol. The van der Waals surface area contributed by atoms with Crippen molar-refractivity contribution in [3.63, 3.8) is 0 Å². The fraction of sp³-hybridized carbons (Fsp3) is 0.900. The van der Waals surface area contributed by atoms with Gasteiger partial charge in [-0.25, -0.2) is 0 Å². The minimum atomic E-state index is -0.555. The lowest BCUT2D eigenvalue weighted by atomic mass is 10.2. The lowest BCUT2D eigenvalue weighted by Gasteiger charge is -2.17. The van der Waals surface area contributed by atoms with Crippen molar-refractivity contribution in [1.29, 1.82) is 0 Å². The molecule has 4 N–H and O–H groups in total. The van der Waals surface area contributed by atoms with Crippen molar-refractivity contribution in [1.82, 2.24) is 10.6 Å². The van der Waals surface area contributed by atoms with E-state index in [1.165, 1.54) is 0 Å². The Kier molecular flexibility index (Phi) is 8.27. The first kappa shape index (κ1) is 14.3. The topological polar surface area (TPSA) is 81.6 Å². The smallest absolute Gasteiger partial charge is 0.234 e. The Hall–Kier alpha value is -0.650. The average molecular weight is 218 g/mol. The second-order valence-corrected chi connectivity index (χ2v) is 3.52. The zero-order valence-corrected chi connectivity index (χ0v) is 9.49. The van der Waals surface area contributed by atoms with E-state index in [1.807, 2.05) is 0 Å². The van der Waals surface area contributed by atoms with Gasteiger partial charge < -0.3 is 20.8 Å². The zero-order valence-electron chi connectivity index (χ0n) is 9.49. The molecule has 0 unspecified atom stereocenters. The highest BCUT2D eigenvalue weighted by atomic mass is 16.3. The summed E-state index contributed by atoms with van der Waals surface area (Å²) < 4.78 is 0. The summed E-state index contributed by atoms with van der Waals surface area (Å²) in [6, 6.07) is -0.210. The Balaban J connectivity index is 3.73. The second kappa shape index (κ2) is 8.64. The maximum Gasteiger partial charge on any atom is 0.234 e. The summed E-state index contributed by atoms with van der Waals surface area (Å²) in [6.07, 6.45) is 1.96. The molecule has 0 fully saturated rings. The van der Waals surface area contributed by atoms with Gasteiger partial charge in [-0.1, -0.05) is 13.8 Å². The molecule has 5 nitrogen and oxygen atoms in total. The first-order chi connectivity index (χ1) is 7.17. The molecule has 0 aliphatic heterocycles. The summed E-state index contributed by atoms with van der Waals surface area (Å²) in [4.78, 5) is 11.3. The molecule has 0 aromatic heterocycles. The molecule has 0 rings (SSSR count). The minimum Gasteiger partial charge on any atom is -0.394 e. The number of amides is 1. The second-order valence-electron chi connectivity index (χ2n) is 3.52. The maximum atomic E-state index is 11.3. The molecule has 1 amide bonds. The van der Waals surface area contributed by atoms with Crippen molar-refractivity contribution in [3.8, 4) is 0 Å². The molecular formula is C10H22N2O3. The molecule has 0 saturated carbocycles. The number of carbonyl (C=O) groups excluding carboxylic acids is 1. The van der Waals surface area contributed by atoms with Crippen molar-refractivity contribution >= 4 is 5.91 Å². The summed E-state index contributed by atoms with van der Waals surface area (Å²) in [7, 11) is 0. The van der Waals surface area contributed by atoms with Gasteiger partial charge in [-0.05, 0) is 12.8 Å². The van der Waals surface area contributed by atoms with Crippen LogP contribution in [0, 0.1) is 0 Å². The van der Waals surface area contributed by atoms with Crippen LogP contribution >= 0.6 is 0 Å². The number of aliphatic hydroxyl groups is 2. The molecule has 0 heterocycles. The normalized spacial score (nSPS) is 11.1. The van der Waals surface area contributed by atoms with Gasteiger partial charge in [0.05, 0.1) is 25.8 Å². The van der Waals surface area contributed by atoms with Gasteiger partial charge in [0.25, 0.3) is 0 Å². The van der Waals surface area contributed by atoms with Crippen LogP contribution in [0.3, 0.4) is 0 Å². The molecule has 5 heteroatoms. The molecule has 15 heavy (non-hydrogen) atoms. The molecule has 0 saturated heterocycles. The average Bonchev–Trinajstić information content (AvgIpc) is 2.27. The van der Waals surface area contributed by atoms with Crippen LogP contribution in [0.25, 0.3) is 0 Å². The molecule has 0 atom stereocenters. The molecule has 0 aliphatic rings. The van der Waals surface area contributed by atoms with Gasteiger partial charge in [0, 0.05) is 6.04 Å². The van der Waals surface area contributed by atoms with Crippen LogP contribution in [0.1, 0.15) is 26.7 Å². The zero-order chi connectivity index (χ0) is 11.7. The Morgan fingerprint density at radius 2 is 1.67 bits per heavy atom. The van der Waals surface area contributed by atoms with Crippen LogP contribution in [0.2, 0.25) is 0 Å². The number of rotatable bonds is 8. The fourth-order valence-electron chi connectivity index (χ4n) is 1.24. The van der Waals surface area contributed by atoms with Crippen LogP contribution in [0.15, 0.2) is 0 Å². The van der Waals surface area contributed by atoms with Crippen LogP contribution in [-0.2, 0) is 4.79 Å². The molecule has 0 aliphatic carbocycles. The third-order valence-corrected chi connectivity index (χ3v) is 2.34. The van der Waals surface area contributed by atoms with Gasteiger partial charge in [0.2, 0.25) is 5.91 Å². The van der Waals surface area contributed by atoms with E-state index in [9.17, 15) is 4.79 Å². The summed E-state index contributed by atoms with van der Waals surface area (Å²) in [5, 5.41) is 23.1. The predicted molar refractivity (Wildman–Crippen MR) is 58.5 cm³/mol. The standard InChI is InChI=1S/C10H22N2O3/c1-3-8(4-2)11-5-10(15)12-9(6-13)7-14/h8-9,11,13-14H,3-7H2,1-2H3,(H,12,15). The van der Waals surface area contributed by atoms with E-state index >= 15 is 0 Å². The molecule has 90 valence electrons. The number of hydrogen-bond donors (Lipinski definition) is 4. The van der Waals surface area contributed by atoms with E-state index in [4.69, 9.17) is 10.2 Å². The summed E-state index contributed by atoms with van der Waals surface area (Å²) >= 11 is 0. The predicted octanol–water partition coefficient (Wildman–Crippen LogP) is -0.766. The van der Waals surface area contributed by atoms with Crippen LogP contribution in [-0.4, -0.2) is 48.0 Å². The van der Waals surface area contributed by atoms with Gasteiger partial charge in [-0.3, -0.25) is 4.79 Å². The Bertz CT molecular complexity index is 168. The number of aliphatic hydroxyl groups excluding tert-OH is 2. The van der Waals surface area contributed by atoms with Crippen molar-refractivity contribution in [2.75, 3.05) is 19.8 Å². The summed E-state index contributed by atoms with van der Waals surface area (Å²) in [6.45, 7) is 3.86. The molecule has 0 radical (unpaired) electrons. The number of nitrogens with one attached hydrogen (secondary N) is 2. The van der Waals surface area contributed by atoms with Crippen molar-refractivity contribution in [2.24, 2.45) is 0 Å². The highest BCUT2D eigenvalue weighted by Crippen LogP contribution is 1.94. The molecule has 0 aromatic carbocycles.